The van der Waals surface area contributed by atoms with E-state index < -0.39 is 11.5 Å². The van der Waals surface area contributed by atoms with Gasteiger partial charge in [0.15, 0.2) is 0 Å². The SMILES string of the molecule is CC(O)C1CCN(C(=O)NC2(C(=O)O)CCCCC2)CC1. The first-order valence-corrected chi connectivity index (χ1v) is 7.93. The van der Waals surface area contributed by atoms with Crippen LogP contribution in [-0.4, -0.2) is 51.8 Å². The Morgan fingerprint density at radius 1 is 1.19 bits per heavy atom. The van der Waals surface area contributed by atoms with Crippen molar-refractivity contribution in [3.05, 3.63) is 0 Å². The number of rotatable bonds is 3. The van der Waals surface area contributed by atoms with E-state index in [0.717, 1.165) is 32.1 Å². The van der Waals surface area contributed by atoms with Crippen LogP contribution in [0.2, 0.25) is 0 Å². The van der Waals surface area contributed by atoms with Crippen LogP contribution in [-0.2, 0) is 4.79 Å². The number of hydrogen-bond donors (Lipinski definition) is 3. The first-order chi connectivity index (χ1) is 9.94. The average Bonchev–Trinajstić information content (AvgIpc) is 2.48. The number of amides is 2. The van der Waals surface area contributed by atoms with Gasteiger partial charge in [-0.15, -0.1) is 0 Å². The van der Waals surface area contributed by atoms with Gasteiger partial charge in [-0.1, -0.05) is 19.3 Å². The van der Waals surface area contributed by atoms with Crippen LogP contribution in [0, 0.1) is 5.92 Å². The number of nitrogens with one attached hydrogen (secondary N) is 1. The van der Waals surface area contributed by atoms with Crippen molar-refractivity contribution in [2.24, 2.45) is 5.92 Å². The third kappa shape index (κ3) is 3.67. The van der Waals surface area contributed by atoms with Crippen molar-refractivity contribution in [3.63, 3.8) is 0 Å². The lowest BCUT2D eigenvalue weighted by molar-refractivity contribution is -0.146. The number of aliphatic carboxylic acids is 1. The van der Waals surface area contributed by atoms with E-state index in [1.807, 2.05) is 0 Å². The molecule has 0 bridgehead atoms. The molecule has 0 aromatic carbocycles. The summed E-state index contributed by atoms with van der Waals surface area (Å²) in [5.41, 5.74) is -1.09. The first-order valence-electron chi connectivity index (χ1n) is 7.93. The molecular formula is C15H26N2O4. The van der Waals surface area contributed by atoms with E-state index in [0.29, 0.717) is 25.9 Å². The Labute approximate surface area is 125 Å². The van der Waals surface area contributed by atoms with Gasteiger partial charge >= 0.3 is 12.0 Å². The lowest BCUT2D eigenvalue weighted by Gasteiger charge is -2.38. The number of piperidine rings is 1. The zero-order valence-corrected chi connectivity index (χ0v) is 12.7. The Kier molecular flexibility index (Phi) is 5.08. The van der Waals surface area contributed by atoms with Gasteiger partial charge in [0.2, 0.25) is 0 Å². The highest BCUT2D eigenvalue weighted by molar-refractivity contribution is 5.86. The molecule has 0 spiro atoms. The summed E-state index contributed by atoms with van der Waals surface area (Å²) in [4.78, 5) is 25.6. The summed E-state index contributed by atoms with van der Waals surface area (Å²) in [6, 6.07) is -0.275. The quantitative estimate of drug-likeness (QED) is 0.738. The van der Waals surface area contributed by atoms with Crippen LogP contribution >= 0.6 is 0 Å². The minimum Gasteiger partial charge on any atom is -0.480 e. The van der Waals surface area contributed by atoms with E-state index in [1.165, 1.54) is 0 Å². The van der Waals surface area contributed by atoms with Crippen molar-refractivity contribution in [2.45, 2.75) is 63.5 Å². The Bertz CT molecular complexity index is 383. The number of nitrogens with zero attached hydrogens (tertiary/aromatic N) is 1. The topological polar surface area (TPSA) is 89.9 Å². The highest BCUT2D eigenvalue weighted by Crippen LogP contribution is 2.29. The summed E-state index contributed by atoms with van der Waals surface area (Å²) in [6.07, 6.45) is 4.93. The molecule has 6 nitrogen and oxygen atoms in total. The molecule has 2 rings (SSSR count). The number of aliphatic hydroxyl groups excluding tert-OH is 1. The molecule has 3 N–H and O–H groups in total. The molecule has 2 fully saturated rings. The van der Waals surface area contributed by atoms with Gasteiger partial charge in [-0.2, -0.15) is 0 Å². The molecule has 1 unspecified atom stereocenters. The van der Waals surface area contributed by atoms with Gasteiger partial charge in [-0.25, -0.2) is 9.59 Å². The standard InChI is InChI=1S/C15H26N2O4/c1-11(18)12-5-9-17(10-6-12)14(21)16-15(13(19)20)7-3-2-4-8-15/h11-12,18H,2-10H2,1H3,(H,16,21)(H,19,20). The summed E-state index contributed by atoms with van der Waals surface area (Å²) < 4.78 is 0. The molecule has 21 heavy (non-hydrogen) atoms. The molecule has 1 heterocycles. The fourth-order valence-electron chi connectivity index (χ4n) is 3.42. The van der Waals surface area contributed by atoms with Crippen LogP contribution in [0.25, 0.3) is 0 Å². The molecule has 1 saturated heterocycles. The molecule has 2 amide bonds. The molecule has 0 aromatic rings. The van der Waals surface area contributed by atoms with E-state index in [1.54, 1.807) is 11.8 Å². The number of hydrogen-bond acceptors (Lipinski definition) is 3. The number of carbonyl (C=O) groups excluding carboxylic acids is 1. The van der Waals surface area contributed by atoms with E-state index in [4.69, 9.17) is 0 Å². The van der Waals surface area contributed by atoms with Gasteiger partial charge in [0, 0.05) is 13.1 Å². The van der Waals surface area contributed by atoms with Crippen LogP contribution in [0.5, 0.6) is 0 Å². The number of carboxylic acid groups (broad SMARTS) is 1. The molecule has 120 valence electrons. The second-order valence-corrected chi connectivity index (χ2v) is 6.44. The number of likely N-dealkylation sites (tertiary alicyclic amines) is 1. The maximum atomic E-state index is 12.3. The number of carbonyl (C=O) groups is 2. The predicted molar refractivity (Wildman–Crippen MR) is 78.0 cm³/mol. The van der Waals surface area contributed by atoms with Crippen molar-refractivity contribution in [1.82, 2.24) is 10.2 Å². The van der Waals surface area contributed by atoms with Crippen molar-refractivity contribution < 1.29 is 19.8 Å². The summed E-state index contributed by atoms with van der Waals surface area (Å²) in [5.74, 6) is -0.688. The smallest absolute Gasteiger partial charge is 0.329 e. The Hall–Kier alpha value is -1.30. The Morgan fingerprint density at radius 3 is 2.24 bits per heavy atom. The normalized spacial score (nSPS) is 24.4. The van der Waals surface area contributed by atoms with E-state index >= 15 is 0 Å². The van der Waals surface area contributed by atoms with Gasteiger partial charge in [-0.3, -0.25) is 0 Å². The fourth-order valence-corrected chi connectivity index (χ4v) is 3.42. The van der Waals surface area contributed by atoms with Gasteiger partial charge in [-0.05, 0) is 38.5 Å². The average molecular weight is 298 g/mol. The number of urea groups is 1. The van der Waals surface area contributed by atoms with Gasteiger partial charge in [0.05, 0.1) is 6.10 Å². The second-order valence-electron chi connectivity index (χ2n) is 6.44. The molecule has 0 aromatic heterocycles. The second kappa shape index (κ2) is 6.64. The third-order valence-corrected chi connectivity index (χ3v) is 4.97. The third-order valence-electron chi connectivity index (χ3n) is 4.97. The zero-order chi connectivity index (χ0) is 15.5. The summed E-state index contributed by atoms with van der Waals surface area (Å²) in [5, 5.41) is 21.8. The highest BCUT2D eigenvalue weighted by Gasteiger charge is 2.42. The van der Waals surface area contributed by atoms with Crippen LogP contribution < -0.4 is 5.32 Å². The van der Waals surface area contributed by atoms with Crippen LogP contribution in [0.3, 0.4) is 0 Å². The predicted octanol–water partition coefficient (Wildman–Crippen LogP) is 1.58. The molecule has 2 aliphatic rings. The van der Waals surface area contributed by atoms with Crippen LogP contribution in [0.4, 0.5) is 4.79 Å². The van der Waals surface area contributed by atoms with Crippen molar-refractivity contribution in [1.29, 1.82) is 0 Å². The number of carboxylic acids is 1. The van der Waals surface area contributed by atoms with E-state index in [9.17, 15) is 19.8 Å². The lowest BCUT2D eigenvalue weighted by Crippen LogP contribution is -2.59. The highest BCUT2D eigenvalue weighted by atomic mass is 16.4. The Balaban J connectivity index is 1.93. The molecule has 6 heteroatoms. The monoisotopic (exact) mass is 298 g/mol. The molecule has 1 atom stereocenters. The van der Waals surface area contributed by atoms with Gasteiger partial charge < -0.3 is 20.4 Å². The van der Waals surface area contributed by atoms with E-state index in [-0.39, 0.29) is 18.1 Å². The fraction of sp³-hybridized carbons (Fsp3) is 0.867. The largest absolute Gasteiger partial charge is 0.480 e. The minimum atomic E-state index is -1.09. The minimum absolute atomic E-state index is 0.233. The van der Waals surface area contributed by atoms with Crippen molar-refractivity contribution >= 4 is 12.0 Å². The number of aliphatic hydroxyl groups is 1. The zero-order valence-electron chi connectivity index (χ0n) is 12.7. The summed E-state index contributed by atoms with van der Waals surface area (Å²) >= 11 is 0. The molecule has 1 aliphatic heterocycles. The molecule has 1 saturated carbocycles. The van der Waals surface area contributed by atoms with Gasteiger partial charge in [0.25, 0.3) is 0 Å². The van der Waals surface area contributed by atoms with Crippen molar-refractivity contribution in [3.8, 4) is 0 Å². The van der Waals surface area contributed by atoms with Gasteiger partial charge in [0.1, 0.15) is 5.54 Å². The maximum absolute atomic E-state index is 12.3. The molecule has 1 aliphatic carbocycles. The van der Waals surface area contributed by atoms with Crippen LogP contribution in [0.1, 0.15) is 51.9 Å². The maximum Gasteiger partial charge on any atom is 0.329 e. The first kappa shape index (κ1) is 16.1. The molecule has 0 radical (unpaired) electrons. The Morgan fingerprint density at radius 2 is 1.76 bits per heavy atom. The van der Waals surface area contributed by atoms with E-state index in [2.05, 4.69) is 5.32 Å². The van der Waals surface area contributed by atoms with Crippen LogP contribution in [0.15, 0.2) is 0 Å². The lowest BCUT2D eigenvalue weighted by atomic mass is 9.82. The summed E-state index contributed by atoms with van der Waals surface area (Å²) in [7, 11) is 0. The molecular weight excluding hydrogens is 272 g/mol. The summed E-state index contributed by atoms with van der Waals surface area (Å²) in [6.45, 7) is 2.94. The van der Waals surface area contributed by atoms with Crippen molar-refractivity contribution in [2.75, 3.05) is 13.1 Å².